The largest absolute Gasteiger partial charge is 0.351 e. The molecule has 2 N–H and O–H groups in total. The summed E-state index contributed by atoms with van der Waals surface area (Å²) in [6, 6.07) is 13.2. The van der Waals surface area contributed by atoms with Crippen LogP contribution in [0.4, 0.5) is 5.82 Å². The highest BCUT2D eigenvalue weighted by Crippen LogP contribution is 2.22. The van der Waals surface area contributed by atoms with Gasteiger partial charge in [-0.3, -0.25) is 9.59 Å². The van der Waals surface area contributed by atoms with Crippen LogP contribution in [0.2, 0.25) is 0 Å². The Morgan fingerprint density at radius 3 is 2.93 bits per heavy atom. The number of aromatic amines is 1. The number of para-hydroxylation sites is 1. The van der Waals surface area contributed by atoms with Gasteiger partial charge < -0.3 is 15.2 Å². The lowest BCUT2D eigenvalue weighted by molar-refractivity contribution is 0.0945. The van der Waals surface area contributed by atoms with Crippen molar-refractivity contribution in [2.24, 2.45) is 7.05 Å². The number of nitrogens with zero attached hydrogens (tertiary/aromatic N) is 3. The fraction of sp³-hybridized carbons (Fsp3) is 0.350. The third-order valence-corrected chi connectivity index (χ3v) is 5.14. The molecule has 4 rings (SSSR count). The SMILES string of the molecule is Cn1nc(N2CCCCC2CNC(=O)c2cc3ccccc3[nH]2)ccc1=O. The van der Waals surface area contributed by atoms with E-state index in [0.717, 1.165) is 42.5 Å². The third kappa shape index (κ3) is 3.58. The van der Waals surface area contributed by atoms with Crippen molar-refractivity contribution in [3.63, 3.8) is 0 Å². The fourth-order valence-electron chi connectivity index (χ4n) is 3.66. The number of aryl methyl sites for hydroxylation is 1. The zero-order valence-electron chi connectivity index (χ0n) is 15.3. The van der Waals surface area contributed by atoms with Crippen molar-refractivity contribution in [2.75, 3.05) is 18.0 Å². The molecule has 7 heteroatoms. The third-order valence-electron chi connectivity index (χ3n) is 5.14. The lowest BCUT2D eigenvalue weighted by Crippen LogP contribution is -2.47. The number of carbonyl (C=O) groups excluding carboxylic acids is 1. The second-order valence-corrected chi connectivity index (χ2v) is 6.98. The van der Waals surface area contributed by atoms with Gasteiger partial charge in [-0.2, -0.15) is 5.10 Å². The van der Waals surface area contributed by atoms with Crippen LogP contribution in [0, 0.1) is 0 Å². The maximum absolute atomic E-state index is 12.6. The minimum absolute atomic E-state index is 0.106. The molecule has 27 heavy (non-hydrogen) atoms. The number of anilines is 1. The number of fused-ring (bicyclic) bond motifs is 1. The molecule has 0 radical (unpaired) electrons. The van der Waals surface area contributed by atoms with E-state index in [2.05, 4.69) is 20.3 Å². The summed E-state index contributed by atoms with van der Waals surface area (Å²) >= 11 is 0. The van der Waals surface area contributed by atoms with Gasteiger partial charge in [0.25, 0.3) is 11.5 Å². The van der Waals surface area contributed by atoms with Crippen LogP contribution < -0.4 is 15.8 Å². The van der Waals surface area contributed by atoms with Crippen LogP contribution in [0.25, 0.3) is 10.9 Å². The van der Waals surface area contributed by atoms with Crippen molar-refractivity contribution < 1.29 is 4.79 Å². The van der Waals surface area contributed by atoms with Crippen LogP contribution in [0.5, 0.6) is 0 Å². The lowest BCUT2D eigenvalue weighted by Gasteiger charge is -2.36. The first-order valence-electron chi connectivity index (χ1n) is 9.29. The molecule has 0 bridgehead atoms. The maximum atomic E-state index is 12.6. The van der Waals surface area contributed by atoms with Crippen LogP contribution in [-0.4, -0.2) is 39.8 Å². The minimum atomic E-state index is -0.126. The number of carbonyl (C=O) groups is 1. The van der Waals surface area contributed by atoms with E-state index in [0.29, 0.717) is 12.2 Å². The average Bonchev–Trinajstić information content (AvgIpc) is 3.13. The van der Waals surface area contributed by atoms with Gasteiger partial charge in [-0.25, -0.2) is 4.68 Å². The standard InChI is InChI=1S/C20H23N5O2/c1-24-19(26)10-9-18(23-24)25-11-5-4-7-15(25)13-21-20(27)17-12-14-6-2-3-8-16(14)22-17/h2-3,6,8-10,12,15,22H,4-5,7,11,13H2,1H3,(H,21,27). The first-order chi connectivity index (χ1) is 13.1. The average molecular weight is 365 g/mol. The van der Waals surface area contributed by atoms with E-state index in [-0.39, 0.29) is 17.5 Å². The molecule has 1 unspecified atom stereocenters. The Morgan fingerprint density at radius 1 is 1.26 bits per heavy atom. The summed E-state index contributed by atoms with van der Waals surface area (Å²) in [6.45, 7) is 1.41. The van der Waals surface area contributed by atoms with Crippen LogP contribution >= 0.6 is 0 Å². The molecule has 1 saturated heterocycles. The summed E-state index contributed by atoms with van der Waals surface area (Å²) in [6.07, 6.45) is 3.18. The minimum Gasteiger partial charge on any atom is -0.351 e. The molecule has 1 aromatic carbocycles. The summed E-state index contributed by atoms with van der Waals surface area (Å²) in [7, 11) is 1.66. The number of benzene rings is 1. The number of nitrogens with one attached hydrogen (secondary N) is 2. The quantitative estimate of drug-likeness (QED) is 0.741. The van der Waals surface area contributed by atoms with Crippen LogP contribution in [0.1, 0.15) is 29.8 Å². The van der Waals surface area contributed by atoms with E-state index in [4.69, 9.17) is 0 Å². The number of rotatable bonds is 4. The second kappa shape index (κ2) is 7.26. The monoisotopic (exact) mass is 365 g/mol. The molecule has 3 aromatic rings. The highest BCUT2D eigenvalue weighted by Gasteiger charge is 2.25. The normalized spacial score (nSPS) is 17.2. The summed E-state index contributed by atoms with van der Waals surface area (Å²) < 4.78 is 1.35. The van der Waals surface area contributed by atoms with Crippen molar-refractivity contribution in [3.8, 4) is 0 Å². The van der Waals surface area contributed by atoms with Crippen molar-refractivity contribution in [2.45, 2.75) is 25.3 Å². The van der Waals surface area contributed by atoms with E-state index in [9.17, 15) is 9.59 Å². The number of hydrogen-bond donors (Lipinski definition) is 2. The van der Waals surface area contributed by atoms with Gasteiger partial charge in [-0.15, -0.1) is 0 Å². The maximum Gasteiger partial charge on any atom is 0.267 e. The van der Waals surface area contributed by atoms with Crippen LogP contribution in [-0.2, 0) is 7.05 Å². The van der Waals surface area contributed by atoms with Crippen LogP contribution in [0.15, 0.2) is 47.3 Å². The predicted molar refractivity (Wildman–Crippen MR) is 105 cm³/mol. The van der Waals surface area contributed by atoms with Crippen molar-refractivity contribution in [3.05, 3.63) is 58.5 Å². The topological polar surface area (TPSA) is 83.0 Å². The summed E-state index contributed by atoms with van der Waals surface area (Å²) in [5.74, 6) is 0.673. The number of amides is 1. The van der Waals surface area contributed by atoms with E-state index in [1.807, 2.05) is 30.3 Å². The lowest BCUT2D eigenvalue weighted by atomic mass is 10.0. The van der Waals surface area contributed by atoms with Crippen molar-refractivity contribution in [1.82, 2.24) is 20.1 Å². The van der Waals surface area contributed by atoms with Gasteiger partial charge in [0, 0.05) is 43.1 Å². The molecular formula is C20H23N5O2. The molecular weight excluding hydrogens is 342 g/mol. The molecule has 2 aromatic heterocycles. The number of piperidine rings is 1. The molecule has 7 nitrogen and oxygen atoms in total. The Hall–Kier alpha value is -3.09. The van der Waals surface area contributed by atoms with Crippen molar-refractivity contribution in [1.29, 1.82) is 0 Å². The molecule has 1 aliphatic heterocycles. The molecule has 1 fully saturated rings. The zero-order chi connectivity index (χ0) is 18.8. The molecule has 140 valence electrons. The molecule has 3 heterocycles. The smallest absolute Gasteiger partial charge is 0.267 e. The molecule has 1 aliphatic rings. The highest BCUT2D eigenvalue weighted by atomic mass is 16.2. The van der Waals surface area contributed by atoms with Gasteiger partial charge >= 0.3 is 0 Å². The first-order valence-corrected chi connectivity index (χ1v) is 9.29. The van der Waals surface area contributed by atoms with Gasteiger partial charge in [0.2, 0.25) is 0 Å². The van der Waals surface area contributed by atoms with E-state index in [1.165, 1.54) is 10.7 Å². The second-order valence-electron chi connectivity index (χ2n) is 6.98. The molecule has 1 amide bonds. The Balaban J connectivity index is 1.47. The Bertz CT molecular complexity index is 989. The molecule has 0 saturated carbocycles. The van der Waals surface area contributed by atoms with Gasteiger partial charge in [0.1, 0.15) is 11.5 Å². The fourth-order valence-corrected chi connectivity index (χ4v) is 3.66. The Labute approximate surface area is 157 Å². The predicted octanol–water partition coefficient (Wildman–Crippen LogP) is 2.05. The van der Waals surface area contributed by atoms with E-state index in [1.54, 1.807) is 13.1 Å². The Morgan fingerprint density at radius 2 is 2.11 bits per heavy atom. The Kier molecular flexibility index (Phi) is 4.66. The van der Waals surface area contributed by atoms with Gasteiger partial charge in [0.15, 0.2) is 0 Å². The van der Waals surface area contributed by atoms with Crippen molar-refractivity contribution >= 4 is 22.6 Å². The van der Waals surface area contributed by atoms with E-state index < -0.39 is 0 Å². The molecule has 1 atom stereocenters. The van der Waals surface area contributed by atoms with Gasteiger partial charge in [-0.05, 0) is 37.5 Å². The molecule has 0 spiro atoms. The summed E-state index contributed by atoms with van der Waals surface area (Å²) in [5, 5.41) is 8.44. The van der Waals surface area contributed by atoms with Gasteiger partial charge in [0.05, 0.1) is 0 Å². The number of H-pyrrole nitrogens is 1. The highest BCUT2D eigenvalue weighted by molar-refractivity contribution is 5.98. The van der Waals surface area contributed by atoms with Gasteiger partial charge in [-0.1, -0.05) is 18.2 Å². The zero-order valence-corrected chi connectivity index (χ0v) is 15.3. The number of hydrogen-bond acceptors (Lipinski definition) is 4. The van der Waals surface area contributed by atoms with Crippen LogP contribution in [0.3, 0.4) is 0 Å². The molecule has 0 aliphatic carbocycles. The first kappa shape index (κ1) is 17.3. The van der Waals surface area contributed by atoms with E-state index >= 15 is 0 Å². The summed E-state index contributed by atoms with van der Waals surface area (Å²) in [4.78, 5) is 29.5. The summed E-state index contributed by atoms with van der Waals surface area (Å²) in [5.41, 5.74) is 1.40. The number of aromatic nitrogens is 3.